The Bertz CT molecular complexity index is 246. The van der Waals surface area contributed by atoms with Crippen LogP contribution >= 0.6 is 0 Å². The van der Waals surface area contributed by atoms with Gasteiger partial charge in [0, 0.05) is 24.0 Å². The summed E-state index contributed by atoms with van der Waals surface area (Å²) in [5.74, 6) is 0. The molecule has 4 N–H and O–H groups in total. The Morgan fingerprint density at radius 1 is 1.40 bits per heavy atom. The summed E-state index contributed by atoms with van der Waals surface area (Å²) in [5.41, 5.74) is 7.16. The van der Waals surface area contributed by atoms with Crippen LogP contribution in [0.3, 0.4) is 0 Å². The van der Waals surface area contributed by atoms with E-state index in [1.165, 1.54) is 5.69 Å². The summed E-state index contributed by atoms with van der Waals surface area (Å²) in [7, 11) is 0. The Kier molecular flexibility index (Phi) is 4.85. The van der Waals surface area contributed by atoms with Crippen molar-refractivity contribution >= 4 is 0 Å². The zero-order valence-corrected chi connectivity index (χ0v) is 9.84. The number of rotatable bonds is 7. The van der Waals surface area contributed by atoms with Crippen molar-refractivity contribution in [2.75, 3.05) is 13.1 Å². The van der Waals surface area contributed by atoms with Crippen molar-refractivity contribution in [1.82, 2.24) is 10.3 Å². The summed E-state index contributed by atoms with van der Waals surface area (Å²) in [6.45, 7) is 6.24. The molecule has 0 aliphatic carbocycles. The molecule has 0 aliphatic heterocycles. The van der Waals surface area contributed by atoms with Crippen molar-refractivity contribution in [3.8, 4) is 0 Å². The first kappa shape index (κ1) is 12.3. The minimum Gasteiger partial charge on any atom is -0.365 e. The number of nitrogens with one attached hydrogen (secondary N) is 2. The van der Waals surface area contributed by atoms with Crippen molar-refractivity contribution in [2.24, 2.45) is 5.73 Å². The zero-order valence-electron chi connectivity index (χ0n) is 9.84. The van der Waals surface area contributed by atoms with Crippen LogP contribution in [0.4, 0.5) is 0 Å². The molecule has 0 saturated carbocycles. The highest BCUT2D eigenvalue weighted by Crippen LogP contribution is 2.05. The van der Waals surface area contributed by atoms with E-state index in [1.54, 1.807) is 0 Å². The fraction of sp³-hybridized carbons (Fsp3) is 0.667. The van der Waals surface area contributed by atoms with Gasteiger partial charge in [-0.15, -0.1) is 0 Å². The van der Waals surface area contributed by atoms with E-state index in [4.69, 9.17) is 5.73 Å². The minimum atomic E-state index is -0.0267. The molecule has 0 aromatic carbocycles. The van der Waals surface area contributed by atoms with Crippen LogP contribution in [0, 0.1) is 0 Å². The fourth-order valence-corrected chi connectivity index (χ4v) is 1.54. The van der Waals surface area contributed by atoms with Crippen LogP contribution in [0.1, 0.15) is 32.4 Å². The van der Waals surface area contributed by atoms with Crippen LogP contribution in [0.15, 0.2) is 18.3 Å². The average Bonchev–Trinajstić information content (AvgIpc) is 2.61. The standard InChI is InChI=1S/C12H23N3/c1-12(2,13)7-4-8-14-10-6-11-5-3-9-15-11/h3,5,9,14-15H,4,6-8,10,13H2,1-2H3. The zero-order chi connectivity index (χ0) is 11.1. The molecule has 0 saturated heterocycles. The Balaban J connectivity index is 1.94. The molecule has 1 aromatic heterocycles. The van der Waals surface area contributed by atoms with Crippen LogP contribution in [-0.2, 0) is 6.42 Å². The largest absolute Gasteiger partial charge is 0.365 e. The molecule has 3 heteroatoms. The lowest BCUT2D eigenvalue weighted by Crippen LogP contribution is -2.33. The molecule has 0 fully saturated rings. The number of hydrogen-bond acceptors (Lipinski definition) is 2. The predicted octanol–water partition coefficient (Wildman–Crippen LogP) is 1.66. The maximum atomic E-state index is 5.89. The summed E-state index contributed by atoms with van der Waals surface area (Å²) >= 11 is 0. The number of aromatic amines is 1. The second-order valence-electron chi connectivity index (χ2n) is 4.79. The Morgan fingerprint density at radius 2 is 2.20 bits per heavy atom. The van der Waals surface area contributed by atoms with Crippen LogP contribution in [-0.4, -0.2) is 23.6 Å². The van der Waals surface area contributed by atoms with Crippen molar-refractivity contribution in [2.45, 2.75) is 38.6 Å². The normalized spacial score (nSPS) is 11.9. The molecule has 0 bridgehead atoms. The molecule has 0 radical (unpaired) electrons. The van der Waals surface area contributed by atoms with Gasteiger partial charge in [0.05, 0.1) is 0 Å². The fourth-order valence-electron chi connectivity index (χ4n) is 1.54. The molecule has 1 rings (SSSR count). The van der Waals surface area contributed by atoms with E-state index >= 15 is 0 Å². The molecule has 3 nitrogen and oxygen atoms in total. The summed E-state index contributed by atoms with van der Waals surface area (Å²) < 4.78 is 0. The highest BCUT2D eigenvalue weighted by molar-refractivity contribution is 5.03. The number of H-pyrrole nitrogens is 1. The van der Waals surface area contributed by atoms with E-state index in [1.807, 2.05) is 12.3 Å². The molecule has 0 aliphatic rings. The van der Waals surface area contributed by atoms with Crippen LogP contribution < -0.4 is 11.1 Å². The van der Waals surface area contributed by atoms with Crippen LogP contribution in [0.25, 0.3) is 0 Å². The van der Waals surface area contributed by atoms with Gasteiger partial charge >= 0.3 is 0 Å². The molecule has 0 atom stereocenters. The predicted molar refractivity (Wildman–Crippen MR) is 64.9 cm³/mol. The van der Waals surface area contributed by atoms with E-state index in [9.17, 15) is 0 Å². The molecule has 1 heterocycles. The van der Waals surface area contributed by atoms with Crippen molar-refractivity contribution in [1.29, 1.82) is 0 Å². The van der Waals surface area contributed by atoms with Gasteiger partial charge in [0.15, 0.2) is 0 Å². The lowest BCUT2D eigenvalue weighted by Gasteiger charge is -2.17. The number of nitrogens with two attached hydrogens (primary N) is 1. The lowest BCUT2D eigenvalue weighted by atomic mass is 10.0. The van der Waals surface area contributed by atoms with E-state index < -0.39 is 0 Å². The smallest absolute Gasteiger partial charge is 0.0159 e. The minimum absolute atomic E-state index is 0.0267. The maximum Gasteiger partial charge on any atom is 0.0159 e. The van der Waals surface area contributed by atoms with Gasteiger partial charge in [-0.05, 0) is 51.8 Å². The van der Waals surface area contributed by atoms with Crippen LogP contribution in [0.5, 0.6) is 0 Å². The molecule has 86 valence electrons. The van der Waals surface area contributed by atoms with Crippen molar-refractivity contribution < 1.29 is 0 Å². The summed E-state index contributed by atoms with van der Waals surface area (Å²) in [6.07, 6.45) is 5.25. The van der Waals surface area contributed by atoms with Gasteiger partial charge in [0.1, 0.15) is 0 Å². The quantitative estimate of drug-likeness (QED) is 0.598. The second kappa shape index (κ2) is 5.93. The van der Waals surface area contributed by atoms with Crippen molar-refractivity contribution in [3.05, 3.63) is 24.0 Å². The van der Waals surface area contributed by atoms with E-state index in [-0.39, 0.29) is 5.54 Å². The third-order valence-corrected chi connectivity index (χ3v) is 2.41. The molecule has 1 aromatic rings. The van der Waals surface area contributed by atoms with Gasteiger partial charge in [0.2, 0.25) is 0 Å². The molecule has 15 heavy (non-hydrogen) atoms. The molecule has 0 spiro atoms. The Hall–Kier alpha value is -0.800. The Labute approximate surface area is 92.4 Å². The second-order valence-corrected chi connectivity index (χ2v) is 4.79. The summed E-state index contributed by atoms with van der Waals surface area (Å²) in [4.78, 5) is 3.19. The third-order valence-electron chi connectivity index (χ3n) is 2.41. The van der Waals surface area contributed by atoms with Gasteiger partial charge in [-0.3, -0.25) is 0 Å². The van der Waals surface area contributed by atoms with E-state index in [0.717, 1.165) is 32.4 Å². The van der Waals surface area contributed by atoms with E-state index in [2.05, 4.69) is 30.2 Å². The first-order chi connectivity index (χ1) is 7.08. The topological polar surface area (TPSA) is 53.8 Å². The SMILES string of the molecule is CC(C)(N)CCCNCCc1ccc[nH]1. The van der Waals surface area contributed by atoms with Crippen LogP contribution in [0.2, 0.25) is 0 Å². The summed E-state index contributed by atoms with van der Waals surface area (Å²) in [6, 6.07) is 4.15. The first-order valence-corrected chi connectivity index (χ1v) is 5.70. The molecule has 0 amide bonds. The first-order valence-electron chi connectivity index (χ1n) is 5.70. The maximum absolute atomic E-state index is 5.89. The van der Waals surface area contributed by atoms with Crippen molar-refractivity contribution in [3.63, 3.8) is 0 Å². The highest BCUT2D eigenvalue weighted by Gasteiger charge is 2.08. The van der Waals surface area contributed by atoms with Gasteiger partial charge in [-0.25, -0.2) is 0 Å². The molecule has 0 unspecified atom stereocenters. The number of hydrogen-bond donors (Lipinski definition) is 3. The van der Waals surface area contributed by atoms with Gasteiger partial charge in [-0.2, -0.15) is 0 Å². The lowest BCUT2D eigenvalue weighted by molar-refractivity contribution is 0.449. The summed E-state index contributed by atoms with van der Waals surface area (Å²) in [5, 5.41) is 3.42. The Morgan fingerprint density at radius 3 is 2.80 bits per heavy atom. The van der Waals surface area contributed by atoms with Gasteiger partial charge in [-0.1, -0.05) is 0 Å². The van der Waals surface area contributed by atoms with Gasteiger partial charge in [0.25, 0.3) is 0 Å². The van der Waals surface area contributed by atoms with Gasteiger partial charge < -0.3 is 16.0 Å². The third kappa shape index (κ3) is 6.31. The average molecular weight is 209 g/mol. The van der Waals surface area contributed by atoms with E-state index in [0.29, 0.717) is 0 Å². The molecular formula is C12H23N3. The highest BCUT2D eigenvalue weighted by atomic mass is 14.9. The monoisotopic (exact) mass is 209 g/mol. The molecular weight excluding hydrogens is 186 g/mol. The number of aromatic nitrogens is 1.